The molecule has 0 unspecified atom stereocenters. The molecule has 1 fully saturated rings. The molecule has 1 saturated carbocycles. The molecule has 0 aromatic heterocycles. The number of imide groups is 1. The van der Waals surface area contributed by atoms with Gasteiger partial charge in [-0.05, 0) is 57.2 Å². The van der Waals surface area contributed by atoms with Gasteiger partial charge in [0.1, 0.15) is 0 Å². The molecule has 4 amide bonds. The largest absolute Gasteiger partial charge is 0.362 e. The molecule has 1 aliphatic heterocycles. The van der Waals surface area contributed by atoms with Crippen LogP contribution in [-0.4, -0.2) is 43.0 Å². The Bertz CT molecular complexity index is 713. The van der Waals surface area contributed by atoms with E-state index in [1.54, 1.807) is 0 Å². The number of amides is 4. The highest BCUT2D eigenvalue weighted by Gasteiger charge is 2.26. The van der Waals surface area contributed by atoms with Gasteiger partial charge in [-0.1, -0.05) is 6.07 Å². The average Bonchev–Trinajstić information content (AvgIpc) is 3.37. The minimum Gasteiger partial charge on any atom is -0.362 e. The van der Waals surface area contributed by atoms with Crippen LogP contribution in [0.4, 0.5) is 10.5 Å². The summed E-state index contributed by atoms with van der Waals surface area (Å²) in [6.07, 6.45) is 3.61. The van der Waals surface area contributed by atoms with Crippen LogP contribution in [0.15, 0.2) is 18.2 Å². The maximum Gasteiger partial charge on any atom is 0.321 e. The maximum absolute atomic E-state index is 12.4. The molecule has 7 heteroatoms. The molecule has 0 saturated heterocycles. The molecule has 1 aliphatic carbocycles. The highest BCUT2D eigenvalue weighted by molar-refractivity contribution is 5.99. The van der Waals surface area contributed by atoms with Crippen molar-refractivity contribution in [1.82, 2.24) is 16.0 Å². The molecule has 1 heterocycles. The number of benzene rings is 1. The van der Waals surface area contributed by atoms with Crippen LogP contribution in [0.2, 0.25) is 0 Å². The number of nitrogens with zero attached hydrogens (tertiary/aromatic N) is 1. The highest BCUT2D eigenvalue weighted by atomic mass is 16.2. The Hall–Kier alpha value is -2.57. The molecule has 3 N–H and O–H groups in total. The predicted molar refractivity (Wildman–Crippen MR) is 99.3 cm³/mol. The molecular weight excluding hydrogens is 332 g/mol. The Kier molecular flexibility index (Phi) is 5.44. The van der Waals surface area contributed by atoms with Crippen molar-refractivity contribution in [2.75, 3.05) is 18.0 Å². The third-order valence-electron chi connectivity index (χ3n) is 4.51. The normalized spacial score (nSPS) is 16.0. The van der Waals surface area contributed by atoms with Crippen molar-refractivity contribution in [2.45, 2.75) is 51.6 Å². The van der Waals surface area contributed by atoms with Gasteiger partial charge >= 0.3 is 6.03 Å². The van der Waals surface area contributed by atoms with Gasteiger partial charge in [-0.15, -0.1) is 0 Å². The van der Waals surface area contributed by atoms with Gasteiger partial charge in [0.15, 0.2) is 0 Å². The molecule has 0 spiro atoms. The number of carbonyl (C=O) groups is 3. The fraction of sp³-hybridized carbons (Fsp3) is 0.526. The predicted octanol–water partition coefficient (Wildman–Crippen LogP) is 1.57. The summed E-state index contributed by atoms with van der Waals surface area (Å²) in [4.78, 5) is 38.3. The zero-order valence-electron chi connectivity index (χ0n) is 15.3. The molecule has 1 aromatic rings. The molecule has 140 valence electrons. The first-order valence-electron chi connectivity index (χ1n) is 9.22. The lowest BCUT2D eigenvalue weighted by atomic mass is 9.95. The van der Waals surface area contributed by atoms with Gasteiger partial charge in [-0.25, -0.2) is 4.79 Å². The second-order valence-electron chi connectivity index (χ2n) is 7.25. The summed E-state index contributed by atoms with van der Waals surface area (Å²) >= 11 is 0. The van der Waals surface area contributed by atoms with E-state index in [0.29, 0.717) is 5.56 Å². The van der Waals surface area contributed by atoms with Gasteiger partial charge in [0.05, 0.1) is 6.54 Å². The van der Waals surface area contributed by atoms with Crippen LogP contribution >= 0.6 is 0 Å². The standard InChI is InChI=1S/C19H26N4O3/c1-12(2)20-18(25)15-5-3-7-16-14(15)6-4-10-23(16)11-17(24)22-19(26)21-13-8-9-13/h3,5,7,12-13H,4,6,8-11H2,1-2H3,(H,20,25)(H2,21,22,24,26). The first-order valence-corrected chi connectivity index (χ1v) is 9.22. The topological polar surface area (TPSA) is 90.5 Å². The van der Waals surface area contributed by atoms with Crippen LogP contribution < -0.4 is 20.9 Å². The smallest absolute Gasteiger partial charge is 0.321 e. The van der Waals surface area contributed by atoms with Crippen molar-refractivity contribution in [3.63, 3.8) is 0 Å². The number of hydrogen-bond donors (Lipinski definition) is 3. The lowest BCUT2D eigenvalue weighted by Gasteiger charge is -2.31. The van der Waals surface area contributed by atoms with E-state index >= 15 is 0 Å². The SMILES string of the molecule is CC(C)NC(=O)c1cccc2c1CCCN2CC(=O)NC(=O)NC1CC1. The number of fused-ring (bicyclic) bond motifs is 1. The molecule has 0 radical (unpaired) electrons. The quantitative estimate of drug-likeness (QED) is 0.745. The Morgan fingerprint density at radius 2 is 2.00 bits per heavy atom. The van der Waals surface area contributed by atoms with Gasteiger partial charge in [-0.2, -0.15) is 0 Å². The van der Waals surface area contributed by atoms with E-state index in [4.69, 9.17) is 0 Å². The number of anilines is 1. The maximum atomic E-state index is 12.4. The monoisotopic (exact) mass is 358 g/mol. The van der Waals surface area contributed by atoms with E-state index < -0.39 is 6.03 Å². The Morgan fingerprint density at radius 3 is 2.69 bits per heavy atom. The van der Waals surface area contributed by atoms with Crippen molar-refractivity contribution < 1.29 is 14.4 Å². The zero-order chi connectivity index (χ0) is 18.7. The van der Waals surface area contributed by atoms with Crippen LogP contribution in [0, 0.1) is 0 Å². The third-order valence-corrected chi connectivity index (χ3v) is 4.51. The Labute approximate surface area is 153 Å². The number of urea groups is 1. The van der Waals surface area contributed by atoms with Crippen LogP contribution in [0.5, 0.6) is 0 Å². The van der Waals surface area contributed by atoms with Gasteiger partial charge in [0.25, 0.3) is 5.91 Å². The summed E-state index contributed by atoms with van der Waals surface area (Å²) < 4.78 is 0. The molecule has 0 bridgehead atoms. The van der Waals surface area contributed by atoms with E-state index in [1.807, 2.05) is 36.9 Å². The molecule has 1 aromatic carbocycles. The summed E-state index contributed by atoms with van der Waals surface area (Å²) in [5.41, 5.74) is 2.52. The second kappa shape index (κ2) is 7.76. The van der Waals surface area contributed by atoms with E-state index in [1.165, 1.54) is 0 Å². The van der Waals surface area contributed by atoms with Gasteiger partial charge in [-0.3, -0.25) is 14.9 Å². The average molecular weight is 358 g/mol. The van der Waals surface area contributed by atoms with E-state index in [0.717, 1.165) is 43.5 Å². The van der Waals surface area contributed by atoms with Crippen LogP contribution in [0.3, 0.4) is 0 Å². The zero-order valence-corrected chi connectivity index (χ0v) is 15.3. The summed E-state index contributed by atoms with van der Waals surface area (Å²) in [5, 5.41) is 8.05. The molecule has 7 nitrogen and oxygen atoms in total. The Balaban J connectivity index is 1.69. The van der Waals surface area contributed by atoms with Crippen LogP contribution in [0.1, 0.15) is 49.0 Å². The van der Waals surface area contributed by atoms with Crippen molar-refractivity contribution in [3.8, 4) is 0 Å². The molecule has 2 aliphatic rings. The molecule has 0 atom stereocenters. The summed E-state index contributed by atoms with van der Waals surface area (Å²) in [6, 6.07) is 5.43. The van der Waals surface area contributed by atoms with Crippen molar-refractivity contribution in [2.24, 2.45) is 0 Å². The minimum absolute atomic E-state index is 0.0637. The number of carbonyl (C=O) groups excluding carboxylic acids is 3. The summed E-state index contributed by atoms with van der Waals surface area (Å²) in [7, 11) is 0. The highest BCUT2D eigenvalue weighted by Crippen LogP contribution is 2.29. The first-order chi connectivity index (χ1) is 12.4. The first kappa shape index (κ1) is 18.2. The van der Waals surface area contributed by atoms with E-state index in [9.17, 15) is 14.4 Å². The van der Waals surface area contributed by atoms with Crippen molar-refractivity contribution >= 4 is 23.5 Å². The van der Waals surface area contributed by atoms with Crippen LogP contribution in [-0.2, 0) is 11.2 Å². The molecule has 3 rings (SSSR count). The van der Waals surface area contributed by atoms with Gasteiger partial charge < -0.3 is 15.5 Å². The lowest BCUT2D eigenvalue weighted by Crippen LogP contribution is -2.46. The summed E-state index contributed by atoms with van der Waals surface area (Å²) in [5.74, 6) is -0.431. The lowest BCUT2D eigenvalue weighted by molar-refractivity contribution is -0.118. The van der Waals surface area contributed by atoms with Gasteiger partial charge in [0.2, 0.25) is 5.91 Å². The van der Waals surface area contributed by atoms with E-state index in [-0.39, 0.29) is 30.4 Å². The summed E-state index contributed by atoms with van der Waals surface area (Å²) in [6.45, 7) is 4.67. The van der Waals surface area contributed by atoms with Gasteiger partial charge in [0, 0.05) is 29.9 Å². The number of nitrogens with one attached hydrogen (secondary N) is 3. The van der Waals surface area contributed by atoms with Crippen LogP contribution in [0.25, 0.3) is 0 Å². The van der Waals surface area contributed by atoms with E-state index in [2.05, 4.69) is 16.0 Å². The van der Waals surface area contributed by atoms with Crippen molar-refractivity contribution in [1.29, 1.82) is 0 Å². The fourth-order valence-corrected chi connectivity index (χ4v) is 3.21. The van der Waals surface area contributed by atoms with Crippen molar-refractivity contribution in [3.05, 3.63) is 29.3 Å². The number of hydrogen-bond acceptors (Lipinski definition) is 4. The molecule has 26 heavy (non-hydrogen) atoms. The third kappa shape index (κ3) is 4.53. The Morgan fingerprint density at radius 1 is 1.23 bits per heavy atom. The second-order valence-corrected chi connectivity index (χ2v) is 7.25. The minimum atomic E-state index is -0.431. The number of rotatable bonds is 5. The molecular formula is C19H26N4O3. The fourth-order valence-electron chi connectivity index (χ4n) is 3.21.